The van der Waals surface area contributed by atoms with Crippen LogP contribution in [0.3, 0.4) is 0 Å². The zero-order chi connectivity index (χ0) is 11.4. The first-order chi connectivity index (χ1) is 7.83. The van der Waals surface area contributed by atoms with Crippen molar-refractivity contribution in [2.24, 2.45) is 0 Å². The van der Waals surface area contributed by atoms with Crippen molar-refractivity contribution >= 4 is 0 Å². The Morgan fingerprint density at radius 1 is 1.00 bits per heavy atom. The largest absolute Gasteiger partial charge is 0.391 e. The fraction of sp³-hybridized carbons (Fsp3) is 1.00. The second-order valence-corrected chi connectivity index (χ2v) is 5.57. The topological polar surface area (TPSA) is 23.5 Å². The molecule has 2 heteroatoms. The SMILES string of the molecule is CCC1CCCCCN1[C@H]1CCCC[C@@H]1O. The summed E-state index contributed by atoms with van der Waals surface area (Å²) >= 11 is 0. The molecule has 3 atom stereocenters. The molecular formula is C14H27NO. The fourth-order valence-electron chi connectivity index (χ4n) is 3.55. The maximum absolute atomic E-state index is 10.2. The molecule has 1 saturated carbocycles. The van der Waals surface area contributed by atoms with Gasteiger partial charge in [-0.25, -0.2) is 0 Å². The number of aliphatic hydroxyl groups is 1. The second-order valence-electron chi connectivity index (χ2n) is 5.57. The highest BCUT2D eigenvalue weighted by Crippen LogP contribution is 2.29. The number of rotatable bonds is 2. The minimum absolute atomic E-state index is 0.0547. The van der Waals surface area contributed by atoms with Crippen LogP contribution in [-0.2, 0) is 0 Å². The van der Waals surface area contributed by atoms with Gasteiger partial charge in [-0.2, -0.15) is 0 Å². The van der Waals surface area contributed by atoms with Crippen molar-refractivity contribution in [3.63, 3.8) is 0 Å². The average Bonchev–Trinajstić information content (AvgIpc) is 2.54. The number of aliphatic hydroxyl groups excluding tert-OH is 1. The molecule has 1 N–H and O–H groups in total. The van der Waals surface area contributed by atoms with Crippen LogP contribution in [0.4, 0.5) is 0 Å². The number of likely N-dealkylation sites (tertiary alicyclic amines) is 1. The van der Waals surface area contributed by atoms with E-state index in [4.69, 9.17) is 0 Å². The van der Waals surface area contributed by atoms with Crippen LogP contribution in [0.5, 0.6) is 0 Å². The molecule has 2 fully saturated rings. The molecule has 0 aromatic carbocycles. The summed E-state index contributed by atoms with van der Waals surface area (Å²) in [5.41, 5.74) is 0. The Labute approximate surface area is 100 Å². The van der Waals surface area contributed by atoms with Crippen molar-refractivity contribution in [3.05, 3.63) is 0 Å². The predicted molar refractivity (Wildman–Crippen MR) is 67.5 cm³/mol. The Morgan fingerprint density at radius 3 is 2.50 bits per heavy atom. The molecule has 1 saturated heterocycles. The highest BCUT2D eigenvalue weighted by molar-refractivity contribution is 4.87. The monoisotopic (exact) mass is 225 g/mol. The minimum Gasteiger partial charge on any atom is -0.391 e. The average molecular weight is 225 g/mol. The maximum Gasteiger partial charge on any atom is 0.0695 e. The lowest BCUT2D eigenvalue weighted by Crippen LogP contribution is -2.50. The van der Waals surface area contributed by atoms with Crippen molar-refractivity contribution in [1.82, 2.24) is 4.90 Å². The fourth-order valence-corrected chi connectivity index (χ4v) is 3.55. The van der Waals surface area contributed by atoms with Gasteiger partial charge in [0.15, 0.2) is 0 Å². The van der Waals surface area contributed by atoms with E-state index in [1.54, 1.807) is 0 Å². The molecule has 2 rings (SSSR count). The molecular weight excluding hydrogens is 198 g/mol. The molecule has 94 valence electrons. The molecule has 0 bridgehead atoms. The predicted octanol–water partition coefficient (Wildman–Crippen LogP) is 2.94. The third-order valence-electron chi connectivity index (χ3n) is 4.51. The molecule has 1 aliphatic carbocycles. The lowest BCUT2D eigenvalue weighted by Gasteiger charge is -2.41. The minimum atomic E-state index is -0.0547. The van der Waals surface area contributed by atoms with E-state index in [9.17, 15) is 5.11 Å². The first-order valence-corrected chi connectivity index (χ1v) is 7.26. The zero-order valence-corrected chi connectivity index (χ0v) is 10.7. The van der Waals surface area contributed by atoms with E-state index in [0.717, 1.165) is 12.5 Å². The molecule has 1 aliphatic heterocycles. The van der Waals surface area contributed by atoms with Crippen molar-refractivity contribution in [2.45, 2.75) is 82.9 Å². The highest BCUT2D eigenvalue weighted by Gasteiger charge is 2.32. The third kappa shape index (κ3) is 2.78. The Morgan fingerprint density at radius 2 is 1.75 bits per heavy atom. The zero-order valence-electron chi connectivity index (χ0n) is 10.7. The van der Waals surface area contributed by atoms with Crippen molar-refractivity contribution in [3.8, 4) is 0 Å². The van der Waals surface area contributed by atoms with Gasteiger partial charge >= 0.3 is 0 Å². The Kier molecular flexibility index (Phi) is 4.66. The van der Waals surface area contributed by atoms with Gasteiger partial charge in [0.1, 0.15) is 0 Å². The van der Waals surface area contributed by atoms with E-state index in [1.165, 1.54) is 57.9 Å². The van der Waals surface area contributed by atoms with Gasteiger partial charge in [0.2, 0.25) is 0 Å². The lowest BCUT2D eigenvalue weighted by atomic mass is 9.90. The van der Waals surface area contributed by atoms with E-state index in [1.807, 2.05) is 0 Å². The molecule has 0 radical (unpaired) electrons. The van der Waals surface area contributed by atoms with Crippen molar-refractivity contribution in [2.75, 3.05) is 6.54 Å². The van der Waals surface area contributed by atoms with E-state index in [2.05, 4.69) is 11.8 Å². The summed E-state index contributed by atoms with van der Waals surface area (Å²) in [5, 5.41) is 10.2. The van der Waals surface area contributed by atoms with Crippen LogP contribution < -0.4 is 0 Å². The molecule has 1 heterocycles. The first-order valence-electron chi connectivity index (χ1n) is 7.26. The molecule has 0 amide bonds. The summed E-state index contributed by atoms with van der Waals surface area (Å²) in [5.74, 6) is 0. The van der Waals surface area contributed by atoms with Gasteiger partial charge in [-0.1, -0.05) is 32.6 Å². The Hall–Kier alpha value is -0.0800. The van der Waals surface area contributed by atoms with Gasteiger partial charge in [0.05, 0.1) is 6.10 Å². The van der Waals surface area contributed by atoms with Crippen LogP contribution in [-0.4, -0.2) is 34.7 Å². The number of nitrogens with zero attached hydrogens (tertiary/aromatic N) is 1. The van der Waals surface area contributed by atoms with Gasteiger partial charge in [-0.15, -0.1) is 0 Å². The van der Waals surface area contributed by atoms with Crippen LogP contribution >= 0.6 is 0 Å². The van der Waals surface area contributed by atoms with Crippen LogP contribution in [0.15, 0.2) is 0 Å². The van der Waals surface area contributed by atoms with Gasteiger partial charge in [-0.3, -0.25) is 4.90 Å². The molecule has 0 aromatic rings. The second kappa shape index (κ2) is 6.02. The number of hydrogen-bond donors (Lipinski definition) is 1. The molecule has 2 aliphatic rings. The molecule has 2 nitrogen and oxygen atoms in total. The number of hydrogen-bond acceptors (Lipinski definition) is 2. The van der Waals surface area contributed by atoms with E-state index < -0.39 is 0 Å². The van der Waals surface area contributed by atoms with Gasteiger partial charge in [0, 0.05) is 12.1 Å². The summed E-state index contributed by atoms with van der Waals surface area (Å²) in [4.78, 5) is 2.65. The summed E-state index contributed by atoms with van der Waals surface area (Å²) in [6.45, 7) is 3.53. The first kappa shape index (κ1) is 12.4. The molecule has 1 unspecified atom stereocenters. The smallest absolute Gasteiger partial charge is 0.0695 e. The Balaban J connectivity index is 2.02. The molecule has 16 heavy (non-hydrogen) atoms. The summed E-state index contributed by atoms with van der Waals surface area (Å²) < 4.78 is 0. The molecule has 0 aromatic heterocycles. The van der Waals surface area contributed by atoms with Gasteiger partial charge < -0.3 is 5.11 Å². The third-order valence-corrected chi connectivity index (χ3v) is 4.51. The summed E-state index contributed by atoms with van der Waals surface area (Å²) in [6, 6.07) is 1.21. The van der Waals surface area contributed by atoms with Gasteiger partial charge in [0.25, 0.3) is 0 Å². The van der Waals surface area contributed by atoms with Crippen molar-refractivity contribution < 1.29 is 5.11 Å². The Bertz CT molecular complexity index is 207. The van der Waals surface area contributed by atoms with Crippen LogP contribution in [0.25, 0.3) is 0 Å². The van der Waals surface area contributed by atoms with Gasteiger partial charge in [-0.05, 0) is 38.6 Å². The van der Waals surface area contributed by atoms with Crippen LogP contribution in [0.2, 0.25) is 0 Å². The van der Waals surface area contributed by atoms with E-state index >= 15 is 0 Å². The summed E-state index contributed by atoms with van der Waals surface area (Å²) in [6.07, 6.45) is 11.4. The molecule has 0 spiro atoms. The maximum atomic E-state index is 10.2. The quantitative estimate of drug-likeness (QED) is 0.781. The van der Waals surface area contributed by atoms with E-state index in [-0.39, 0.29) is 6.10 Å². The standard InChI is InChI=1S/C14H27NO/c1-2-12-8-4-3-7-11-15(12)13-9-5-6-10-14(13)16/h12-14,16H,2-11H2,1H3/t12?,13-,14-/m0/s1. The highest BCUT2D eigenvalue weighted by atomic mass is 16.3. The lowest BCUT2D eigenvalue weighted by molar-refractivity contribution is -0.00147. The van der Waals surface area contributed by atoms with Crippen LogP contribution in [0, 0.1) is 0 Å². The van der Waals surface area contributed by atoms with Crippen molar-refractivity contribution in [1.29, 1.82) is 0 Å². The van der Waals surface area contributed by atoms with E-state index in [0.29, 0.717) is 6.04 Å². The summed E-state index contributed by atoms with van der Waals surface area (Å²) in [7, 11) is 0. The normalized spacial score (nSPS) is 38.2. The van der Waals surface area contributed by atoms with Crippen LogP contribution in [0.1, 0.15) is 64.7 Å².